The summed E-state index contributed by atoms with van der Waals surface area (Å²) >= 11 is 0. The summed E-state index contributed by atoms with van der Waals surface area (Å²) in [7, 11) is 0. The number of aromatic nitrogens is 2. The van der Waals surface area contributed by atoms with Gasteiger partial charge in [-0.1, -0.05) is 24.3 Å². The van der Waals surface area contributed by atoms with Gasteiger partial charge >= 0.3 is 11.9 Å². The molecule has 0 aliphatic heterocycles. The second kappa shape index (κ2) is 15.7. The molecule has 0 bridgehead atoms. The molecule has 0 atom stereocenters. The smallest absolute Gasteiger partial charge is 0.337 e. The van der Waals surface area contributed by atoms with E-state index in [1.54, 1.807) is 42.5 Å². The Morgan fingerprint density at radius 3 is 1.71 bits per heavy atom. The van der Waals surface area contributed by atoms with Gasteiger partial charge in [-0.05, 0) is 59.7 Å². The molecule has 0 amide bonds. The average molecular weight is 695 g/mol. The fourth-order valence-electron chi connectivity index (χ4n) is 3.21. The van der Waals surface area contributed by atoms with E-state index in [1.807, 2.05) is 12.1 Å². The number of benzene rings is 2. The van der Waals surface area contributed by atoms with Crippen LogP contribution < -0.4 is 4.74 Å². The molecule has 38 heavy (non-hydrogen) atoms. The first kappa shape index (κ1) is 35.9. The van der Waals surface area contributed by atoms with Gasteiger partial charge in [-0.25, -0.2) is 14.6 Å². The summed E-state index contributed by atoms with van der Waals surface area (Å²) in [6, 6.07) is 19.9. The molecule has 0 saturated carbocycles. The Kier molecular flexibility index (Phi) is 14.9. The summed E-state index contributed by atoms with van der Waals surface area (Å²) < 4.78 is 4.85. The molecule has 0 fully saturated rings. The first-order valence-electron chi connectivity index (χ1n) is 9.71. The predicted molar refractivity (Wildman–Crippen MR) is 142 cm³/mol. The number of hydrogen-bond donors (Lipinski definition) is 2. The molecule has 4 aromatic rings. The van der Waals surface area contributed by atoms with Crippen LogP contribution in [-0.2, 0) is 24.9 Å². The number of carboxylic acid groups (broad SMARTS) is 2. The Hall–Kier alpha value is -4.28. The number of carboxylic acids is 2. The molecule has 2 aromatic carbocycles. The number of carbonyl (C=O) groups excluding carboxylic acids is 1. The van der Waals surface area contributed by atoms with Gasteiger partial charge in [0.2, 0.25) is 0 Å². The maximum absolute atomic E-state index is 11.2. The number of rotatable bonds is 7. The first-order valence-corrected chi connectivity index (χ1v) is 9.71. The zero-order valence-electron chi connectivity index (χ0n) is 20.5. The van der Waals surface area contributed by atoms with E-state index in [4.69, 9.17) is 14.9 Å². The summed E-state index contributed by atoms with van der Waals surface area (Å²) in [5.41, 5.74) is 4.10. The Labute approximate surface area is 234 Å². The van der Waals surface area contributed by atoms with Gasteiger partial charge < -0.3 is 42.1 Å². The van der Waals surface area contributed by atoms with Crippen molar-refractivity contribution >= 4 is 18.4 Å². The van der Waals surface area contributed by atoms with Crippen molar-refractivity contribution in [2.45, 2.75) is 0 Å². The van der Waals surface area contributed by atoms with Crippen molar-refractivity contribution in [3.05, 3.63) is 117 Å². The molecule has 0 saturated heterocycles. The van der Waals surface area contributed by atoms with E-state index in [1.165, 1.54) is 24.4 Å². The van der Waals surface area contributed by atoms with Crippen LogP contribution in [0, 0.1) is 14.9 Å². The van der Waals surface area contributed by atoms with Crippen molar-refractivity contribution < 1.29 is 49.4 Å². The minimum Gasteiger partial charge on any atom is -0.693 e. The van der Waals surface area contributed by atoms with Crippen LogP contribution in [0.5, 0.6) is 5.75 Å². The molecule has 4 rings (SSSR count). The molecule has 2 heterocycles. The minimum absolute atomic E-state index is 0. The number of ether oxygens (including phenoxy) is 1. The second-order valence-electron chi connectivity index (χ2n) is 6.98. The van der Waals surface area contributed by atoms with Gasteiger partial charge in [0.1, 0.15) is 5.75 Å². The molecular weight excluding hydrogens is 669 g/mol. The third-order valence-corrected chi connectivity index (χ3v) is 4.90. The third-order valence-electron chi connectivity index (χ3n) is 4.90. The Morgan fingerprint density at radius 1 is 0.684 bits per heavy atom. The summed E-state index contributed by atoms with van der Waals surface area (Å²) in [6.07, 6.45) is 1.26. The summed E-state index contributed by atoms with van der Waals surface area (Å²) in [4.78, 5) is 41.8. The Morgan fingerprint density at radius 2 is 1.21 bits per heavy atom. The molecule has 203 valence electrons. The molecule has 0 aliphatic rings. The summed E-state index contributed by atoms with van der Waals surface area (Å²) in [6.45, 7) is 0.352. The molecule has 6 N–H and O–H groups in total. The molecule has 1 radical (unpaired) electrons. The fraction of sp³-hybridized carbons (Fsp3) is 0. The predicted octanol–water partition coefficient (Wildman–Crippen LogP) is 6.74. The number of carbonyl (C=O) groups is 3. The summed E-state index contributed by atoms with van der Waals surface area (Å²) in [5, 5.41) is 18.3. The van der Waals surface area contributed by atoms with Crippen LogP contribution in [0.3, 0.4) is 0 Å². The van der Waals surface area contributed by atoms with Crippen LogP contribution >= 0.6 is 0 Å². The van der Waals surface area contributed by atoms with Gasteiger partial charge in [0, 0.05) is 31.9 Å². The van der Waals surface area contributed by atoms with Crippen molar-refractivity contribution in [3.8, 4) is 39.5 Å². The fourth-order valence-corrected chi connectivity index (χ4v) is 3.21. The number of nitrogens with zero attached hydrogens (tertiary/aromatic N) is 2. The summed E-state index contributed by atoms with van der Waals surface area (Å²) in [5.74, 6) is -1.70. The molecule has 0 spiro atoms. The topological polar surface area (TPSA) is 194 Å². The van der Waals surface area contributed by atoms with Gasteiger partial charge in [-0.3, -0.25) is 9.78 Å². The maximum Gasteiger partial charge on any atom is 0.337 e. The SMILES string of the molecule is O=COc1ccc(-c2cc(-c3ccc(C(=O)O)cc3)nc(-c3ccc(C(=O)O)cn3)c2)cc1.[CH3-].[CH3-].[Ir].[NH2-].[NH2-]. The van der Waals surface area contributed by atoms with Crippen molar-refractivity contribution in [3.63, 3.8) is 0 Å². The van der Waals surface area contributed by atoms with E-state index in [-0.39, 0.29) is 58.4 Å². The van der Waals surface area contributed by atoms with Crippen LogP contribution in [0.25, 0.3) is 46.1 Å². The standard InChI is InChI=1S/C25H16N2O6.2CH3.Ir.2H2N/c28-14-33-20-8-5-15(6-9-20)19-11-22(16-1-3-17(4-2-16)24(29)30)27-23(12-19)21-10-7-18(13-26-21)25(31)32;;;;;/h1-14H,(H,29,30)(H,31,32);2*1H3;;2*1H2/q;2*-1;;2*-1. The van der Waals surface area contributed by atoms with Crippen LogP contribution in [0.4, 0.5) is 0 Å². The van der Waals surface area contributed by atoms with E-state index >= 15 is 0 Å². The third kappa shape index (κ3) is 8.12. The van der Waals surface area contributed by atoms with Crippen molar-refractivity contribution in [1.82, 2.24) is 9.97 Å². The van der Waals surface area contributed by atoms with Crippen molar-refractivity contribution in [2.24, 2.45) is 0 Å². The van der Waals surface area contributed by atoms with E-state index in [0.29, 0.717) is 34.9 Å². The maximum atomic E-state index is 11.2. The number of aromatic carboxylic acids is 2. The van der Waals surface area contributed by atoms with E-state index < -0.39 is 11.9 Å². The van der Waals surface area contributed by atoms with Gasteiger partial charge in [-0.2, -0.15) is 0 Å². The molecule has 0 unspecified atom stereocenters. The van der Waals surface area contributed by atoms with E-state index in [9.17, 15) is 14.4 Å². The van der Waals surface area contributed by atoms with Crippen molar-refractivity contribution in [1.29, 1.82) is 0 Å². The molecule has 0 aliphatic carbocycles. The molecule has 2 aromatic heterocycles. The Balaban J connectivity index is 0. The zero-order chi connectivity index (χ0) is 23.4. The van der Waals surface area contributed by atoms with Crippen LogP contribution in [0.2, 0.25) is 0 Å². The number of hydrogen-bond acceptors (Lipinski definition) is 6. The molecule has 10 nitrogen and oxygen atoms in total. The quantitative estimate of drug-likeness (QED) is 0.157. The van der Waals surface area contributed by atoms with E-state index in [0.717, 1.165) is 11.1 Å². The first-order chi connectivity index (χ1) is 15.9. The number of nitrogens with two attached hydrogens (primary N) is 2. The minimum atomic E-state index is -1.08. The Bertz CT molecular complexity index is 1270. The van der Waals surface area contributed by atoms with Crippen molar-refractivity contribution in [2.75, 3.05) is 0 Å². The van der Waals surface area contributed by atoms with Gasteiger partial charge in [0.25, 0.3) is 6.47 Å². The molecule has 11 heteroatoms. The largest absolute Gasteiger partial charge is 0.693 e. The van der Waals surface area contributed by atoms with E-state index in [2.05, 4.69) is 9.97 Å². The second-order valence-corrected chi connectivity index (χ2v) is 6.98. The van der Waals surface area contributed by atoms with Gasteiger partial charge in [0.15, 0.2) is 0 Å². The zero-order valence-corrected chi connectivity index (χ0v) is 22.9. The number of pyridine rings is 2. The van der Waals surface area contributed by atoms with Crippen LogP contribution in [0.15, 0.2) is 79.0 Å². The van der Waals surface area contributed by atoms with Gasteiger partial charge in [0.05, 0.1) is 28.2 Å². The van der Waals surface area contributed by atoms with Crippen LogP contribution in [-0.4, -0.2) is 38.6 Å². The van der Waals surface area contributed by atoms with Crippen LogP contribution in [0.1, 0.15) is 20.7 Å². The van der Waals surface area contributed by atoms with Gasteiger partial charge in [-0.15, -0.1) is 0 Å². The normalized spacial score (nSPS) is 9.05. The monoisotopic (exact) mass is 695 g/mol. The molecular formula is C27H26IrN4O6-4. The average Bonchev–Trinajstić information content (AvgIpc) is 2.84.